The third-order valence-electron chi connectivity index (χ3n) is 2.60. The molecular formula is C13H21N. The van der Waals surface area contributed by atoms with Crippen molar-refractivity contribution in [3.63, 3.8) is 0 Å². The van der Waals surface area contributed by atoms with E-state index in [0.29, 0.717) is 6.04 Å². The minimum absolute atomic E-state index is 0.513. The Hall–Kier alpha value is -0.820. The van der Waals surface area contributed by atoms with Gasteiger partial charge in [0.25, 0.3) is 0 Å². The summed E-state index contributed by atoms with van der Waals surface area (Å²) in [6, 6.07) is 11.2. The summed E-state index contributed by atoms with van der Waals surface area (Å²) in [6.07, 6.45) is 0. The molecule has 0 aliphatic heterocycles. The van der Waals surface area contributed by atoms with Crippen LogP contribution in [0, 0.1) is 5.92 Å². The zero-order valence-electron chi connectivity index (χ0n) is 9.70. The van der Waals surface area contributed by atoms with Crippen LogP contribution in [0.4, 0.5) is 0 Å². The van der Waals surface area contributed by atoms with Crippen molar-refractivity contribution in [1.29, 1.82) is 0 Å². The van der Waals surface area contributed by atoms with Crippen LogP contribution in [0.15, 0.2) is 30.3 Å². The van der Waals surface area contributed by atoms with E-state index in [1.165, 1.54) is 5.56 Å². The number of rotatable bonds is 4. The van der Waals surface area contributed by atoms with E-state index in [0.717, 1.165) is 12.5 Å². The molecule has 0 spiro atoms. The van der Waals surface area contributed by atoms with Gasteiger partial charge in [-0.05, 0) is 25.5 Å². The minimum atomic E-state index is 0.513. The molecule has 0 N–H and O–H groups in total. The first-order valence-corrected chi connectivity index (χ1v) is 5.36. The van der Waals surface area contributed by atoms with Gasteiger partial charge in [-0.3, -0.25) is 4.90 Å². The van der Waals surface area contributed by atoms with Crippen molar-refractivity contribution in [1.82, 2.24) is 4.90 Å². The molecule has 0 radical (unpaired) electrons. The number of hydrogen-bond acceptors (Lipinski definition) is 1. The van der Waals surface area contributed by atoms with Gasteiger partial charge < -0.3 is 0 Å². The molecule has 0 heterocycles. The van der Waals surface area contributed by atoms with Crippen molar-refractivity contribution in [2.24, 2.45) is 5.92 Å². The second kappa shape index (κ2) is 5.16. The van der Waals surface area contributed by atoms with E-state index in [4.69, 9.17) is 0 Å². The van der Waals surface area contributed by atoms with Crippen molar-refractivity contribution in [3.05, 3.63) is 35.9 Å². The zero-order chi connectivity index (χ0) is 10.6. The first kappa shape index (κ1) is 11.3. The van der Waals surface area contributed by atoms with Crippen LogP contribution in [0.5, 0.6) is 0 Å². The van der Waals surface area contributed by atoms with E-state index in [1.54, 1.807) is 0 Å². The third kappa shape index (κ3) is 3.15. The van der Waals surface area contributed by atoms with Crippen LogP contribution in [0.3, 0.4) is 0 Å². The fraction of sp³-hybridized carbons (Fsp3) is 0.538. The maximum Gasteiger partial charge on any atom is 0.0316 e. The third-order valence-corrected chi connectivity index (χ3v) is 2.60. The van der Waals surface area contributed by atoms with Crippen molar-refractivity contribution < 1.29 is 0 Å². The molecule has 0 amide bonds. The molecule has 1 atom stereocenters. The molecule has 0 saturated heterocycles. The van der Waals surface area contributed by atoms with Crippen LogP contribution in [0.25, 0.3) is 0 Å². The van der Waals surface area contributed by atoms with Crippen molar-refractivity contribution in [3.8, 4) is 0 Å². The van der Waals surface area contributed by atoms with Gasteiger partial charge in [-0.2, -0.15) is 0 Å². The van der Waals surface area contributed by atoms with E-state index in [2.05, 4.69) is 63.1 Å². The quantitative estimate of drug-likeness (QED) is 0.705. The second-order valence-electron chi connectivity index (χ2n) is 4.42. The first-order valence-electron chi connectivity index (χ1n) is 5.36. The molecule has 0 fully saturated rings. The van der Waals surface area contributed by atoms with Gasteiger partial charge in [0.1, 0.15) is 0 Å². The molecule has 1 aromatic carbocycles. The minimum Gasteiger partial charge on any atom is -0.299 e. The lowest BCUT2D eigenvalue weighted by Crippen LogP contribution is -2.26. The van der Waals surface area contributed by atoms with E-state index >= 15 is 0 Å². The van der Waals surface area contributed by atoms with Crippen LogP contribution in [-0.4, -0.2) is 18.5 Å². The highest BCUT2D eigenvalue weighted by Gasteiger charge is 2.11. The largest absolute Gasteiger partial charge is 0.299 e. The fourth-order valence-electron chi connectivity index (χ4n) is 1.72. The predicted molar refractivity (Wildman–Crippen MR) is 62.3 cm³/mol. The molecule has 1 nitrogen and oxygen atoms in total. The lowest BCUT2D eigenvalue weighted by Gasteiger charge is -2.26. The second-order valence-corrected chi connectivity index (χ2v) is 4.42. The lowest BCUT2D eigenvalue weighted by atomic mass is 10.1. The molecule has 0 saturated carbocycles. The summed E-state index contributed by atoms with van der Waals surface area (Å²) in [5.74, 6) is 0.728. The average molecular weight is 191 g/mol. The Kier molecular flexibility index (Phi) is 4.15. The molecule has 0 aliphatic rings. The van der Waals surface area contributed by atoms with E-state index in [1.807, 2.05) is 0 Å². The average Bonchev–Trinajstić information content (AvgIpc) is 2.17. The summed E-state index contributed by atoms with van der Waals surface area (Å²) < 4.78 is 0. The molecule has 0 aliphatic carbocycles. The maximum atomic E-state index is 2.40. The molecule has 78 valence electrons. The van der Waals surface area contributed by atoms with Crippen molar-refractivity contribution >= 4 is 0 Å². The molecule has 1 rings (SSSR count). The van der Waals surface area contributed by atoms with E-state index in [-0.39, 0.29) is 0 Å². The fourth-order valence-corrected chi connectivity index (χ4v) is 1.72. The van der Waals surface area contributed by atoms with Crippen molar-refractivity contribution in [2.45, 2.75) is 26.8 Å². The molecular weight excluding hydrogens is 170 g/mol. The highest BCUT2D eigenvalue weighted by atomic mass is 15.1. The van der Waals surface area contributed by atoms with Gasteiger partial charge in [0.05, 0.1) is 0 Å². The number of hydrogen-bond donors (Lipinski definition) is 0. The zero-order valence-corrected chi connectivity index (χ0v) is 9.70. The Labute approximate surface area is 87.7 Å². The Morgan fingerprint density at radius 3 is 2.14 bits per heavy atom. The highest BCUT2D eigenvalue weighted by molar-refractivity contribution is 5.18. The smallest absolute Gasteiger partial charge is 0.0316 e. The van der Waals surface area contributed by atoms with Gasteiger partial charge in [-0.1, -0.05) is 44.2 Å². The maximum absolute atomic E-state index is 2.40. The van der Waals surface area contributed by atoms with Gasteiger partial charge in [0, 0.05) is 12.6 Å². The van der Waals surface area contributed by atoms with Crippen LogP contribution in [0.2, 0.25) is 0 Å². The summed E-state index contributed by atoms with van der Waals surface area (Å²) in [6.45, 7) is 7.93. The Morgan fingerprint density at radius 1 is 1.07 bits per heavy atom. The lowest BCUT2D eigenvalue weighted by molar-refractivity contribution is 0.233. The molecule has 1 heteroatoms. The van der Waals surface area contributed by atoms with Crippen LogP contribution >= 0.6 is 0 Å². The van der Waals surface area contributed by atoms with Crippen LogP contribution < -0.4 is 0 Å². The van der Waals surface area contributed by atoms with Crippen LogP contribution in [-0.2, 0) is 0 Å². The van der Waals surface area contributed by atoms with E-state index < -0.39 is 0 Å². The summed E-state index contributed by atoms with van der Waals surface area (Å²) in [5, 5.41) is 0. The van der Waals surface area contributed by atoms with E-state index in [9.17, 15) is 0 Å². The molecule has 0 aromatic heterocycles. The SMILES string of the molecule is CC(C)CN(C)[C@H](C)c1ccccc1. The molecule has 0 unspecified atom stereocenters. The number of nitrogens with zero attached hydrogens (tertiary/aromatic N) is 1. The summed E-state index contributed by atoms with van der Waals surface area (Å²) in [4.78, 5) is 2.40. The molecule has 0 bridgehead atoms. The van der Waals surface area contributed by atoms with Gasteiger partial charge in [0.2, 0.25) is 0 Å². The monoisotopic (exact) mass is 191 g/mol. The van der Waals surface area contributed by atoms with Gasteiger partial charge in [-0.25, -0.2) is 0 Å². The van der Waals surface area contributed by atoms with Gasteiger partial charge >= 0.3 is 0 Å². The summed E-state index contributed by atoms with van der Waals surface area (Å²) in [7, 11) is 2.19. The van der Waals surface area contributed by atoms with Crippen molar-refractivity contribution in [2.75, 3.05) is 13.6 Å². The summed E-state index contributed by atoms with van der Waals surface area (Å²) >= 11 is 0. The number of benzene rings is 1. The first-order chi connectivity index (χ1) is 6.61. The Bertz CT molecular complexity index is 253. The highest BCUT2D eigenvalue weighted by Crippen LogP contribution is 2.18. The van der Waals surface area contributed by atoms with Gasteiger partial charge in [0.15, 0.2) is 0 Å². The van der Waals surface area contributed by atoms with Gasteiger partial charge in [-0.15, -0.1) is 0 Å². The molecule has 14 heavy (non-hydrogen) atoms. The predicted octanol–water partition coefficient (Wildman–Crippen LogP) is 3.34. The van der Waals surface area contributed by atoms with Crippen LogP contribution in [0.1, 0.15) is 32.4 Å². The normalized spacial score (nSPS) is 13.6. The Balaban J connectivity index is 2.61. The molecule has 1 aromatic rings. The standard InChI is InChI=1S/C13H21N/c1-11(2)10-14(4)12(3)13-8-6-5-7-9-13/h5-9,11-12H,10H2,1-4H3/t12-/m1/s1. The summed E-state index contributed by atoms with van der Waals surface area (Å²) in [5.41, 5.74) is 1.40. The topological polar surface area (TPSA) is 3.24 Å². The Morgan fingerprint density at radius 2 is 1.64 bits per heavy atom.